The van der Waals surface area contributed by atoms with Crippen molar-refractivity contribution in [2.45, 2.75) is 45.1 Å². The zero-order valence-electron chi connectivity index (χ0n) is 12.1. The van der Waals surface area contributed by atoms with Gasteiger partial charge >= 0.3 is 0 Å². The molecule has 0 amide bonds. The zero-order valence-corrected chi connectivity index (χ0v) is 13.7. The molecule has 2 atom stereocenters. The molecule has 0 radical (unpaired) electrons. The summed E-state index contributed by atoms with van der Waals surface area (Å²) in [6, 6.07) is 2.41. The van der Waals surface area contributed by atoms with Crippen LogP contribution in [0.25, 0.3) is 10.2 Å². The number of hydrogen-bond acceptors (Lipinski definition) is 5. The Hall–Kier alpha value is -0.910. The maximum Gasteiger partial charge on any atom is 0.225 e. The van der Waals surface area contributed by atoms with Gasteiger partial charge in [0.2, 0.25) is 5.28 Å². The van der Waals surface area contributed by atoms with Gasteiger partial charge in [-0.25, -0.2) is 9.97 Å². The van der Waals surface area contributed by atoms with Gasteiger partial charge in [-0.1, -0.05) is 19.8 Å². The van der Waals surface area contributed by atoms with Crippen molar-refractivity contribution in [2.24, 2.45) is 5.92 Å². The number of halogens is 1. The molecule has 1 aliphatic carbocycles. The lowest BCUT2D eigenvalue weighted by molar-refractivity contribution is 0.178. The van der Waals surface area contributed by atoms with Crippen molar-refractivity contribution >= 4 is 39.0 Å². The maximum atomic E-state index is 9.55. The van der Waals surface area contributed by atoms with Gasteiger partial charge in [-0.05, 0) is 36.9 Å². The minimum absolute atomic E-state index is 0.226. The fraction of sp³-hybridized carbons (Fsp3) is 0.600. The highest BCUT2D eigenvalue weighted by atomic mass is 35.5. The van der Waals surface area contributed by atoms with Gasteiger partial charge in [-0.3, -0.25) is 0 Å². The molecular formula is C15H20ClN3OS. The predicted molar refractivity (Wildman–Crippen MR) is 88.3 cm³/mol. The lowest BCUT2D eigenvalue weighted by atomic mass is 9.85. The predicted octanol–water partition coefficient (Wildman–Crippen LogP) is 3.87. The van der Waals surface area contributed by atoms with Crippen LogP contribution >= 0.6 is 22.9 Å². The van der Waals surface area contributed by atoms with Gasteiger partial charge in [0, 0.05) is 23.4 Å². The standard InChI is InChI=1S/C15H20ClN3OS/c1-2-10-7-11-13(18-15(16)19-14(11)21-10)17-12-6-4-3-5-9(12)8-20/h7,9,12,20H,2-6,8H2,1H3,(H,17,18,19). The van der Waals surface area contributed by atoms with E-state index in [1.165, 1.54) is 17.7 Å². The van der Waals surface area contributed by atoms with Crippen LogP contribution < -0.4 is 5.32 Å². The Morgan fingerprint density at radius 2 is 2.19 bits per heavy atom. The molecule has 0 aromatic carbocycles. The molecule has 2 aromatic heterocycles. The zero-order chi connectivity index (χ0) is 14.8. The molecule has 114 valence electrons. The van der Waals surface area contributed by atoms with Gasteiger partial charge in [0.05, 0.1) is 5.39 Å². The molecule has 1 aliphatic rings. The summed E-state index contributed by atoms with van der Waals surface area (Å²) in [6.07, 6.45) is 5.52. The lowest BCUT2D eigenvalue weighted by Gasteiger charge is -2.31. The summed E-state index contributed by atoms with van der Waals surface area (Å²) in [5.74, 6) is 1.11. The second kappa shape index (κ2) is 6.46. The summed E-state index contributed by atoms with van der Waals surface area (Å²) < 4.78 is 0. The summed E-state index contributed by atoms with van der Waals surface area (Å²) in [7, 11) is 0. The van der Waals surface area contributed by atoms with E-state index in [1.807, 2.05) is 0 Å². The summed E-state index contributed by atoms with van der Waals surface area (Å²) in [6.45, 7) is 2.36. The first kappa shape index (κ1) is 15.0. The van der Waals surface area contributed by atoms with E-state index in [0.717, 1.165) is 35.3 Å². The van der Waals surface area contributed by atoms with Crippen LogP contribution in [0.15, 0.2) is 6.07 Å². The second-order valence-corrected chi connectivity index (χ2v) is 7.06. The first-order valence-corrected chi connectivity index (χ1v) is 8.74. The summed E-state index contributed by atoms with van der Waals surface area (Å²) in [5.41, 5.74) is 0. The Balaban J connectivity index is 1.93. The molecule has 1 saturated carbocycles. The average Bonchev–Trinajstić information content (AvgIpc) is 2.91. The van der Waals surface area contributed by atoms with Gasteiger partial charge in [-0.15, -0.1) is 11.3 Å². The number of anilines is 1. The molecule has 0 saturated heterocycles. The molecule has 2 heterocycles. The van der Waals surface area contributed by atoms with E-state index < -0.39 is 0 Å². The molecule has 2 unspecified atom stereocenters. The van der Waals surface area contributed by atoms with Crippen molar-refractivity contribution in [1.29, 1.82) is 0 Å². The van der Waals surface area contributed by atoms with E-state index in [1.54, 1.807) is 11.3 Å². The SMILES string of the molecule is CCc1cc2c(NC3CCCCC3CO)nc(Cl)nc2s1. The Bertz CT molecular complexity index is 631. The van der Waals surface area contributed by atoms with E-state index in [2.05, 4.69) is 28.3 Å². The van der Waals surface area contributed by atoms with E-state index in [9.17, 15) is 5.11 Å². The number of fused-ring (bicyclic) bond motifs is 1. The van der Waals surface area contributed by atoms with Crippen molar-refractivity contribution < 1.29 is 5.11 Å². The molecule has 0 spiro atoms. The van der Waals surface area contributed by atoms with Gasteiger partial charge in [0.25, 0.3) is 0 Å². The van der Waals surface area contributed by atoms with Crippen LogP contribution in [-0.2, 0) is 6.42 Å². The van der Waals surface area contributed by atoms with E-state index >= 15 is 0 Å². The van der Waals surface area contributed by atoms with Gasteiger partial charge in [0.15, 0.2) is 0 Å². The minimum atomic E-state index is 0.226. The molecule has 1 fully saturated rings. The van der Waals surface area contributed by atoms with Crippen molar-refractivity contribution in [1.82, 2.24) is 9.97 Å². The highest BCUT2D eigenvalue weighted by Crippen LogP contribution is 2.33. The van der Waals surface area contributed by atoms with E-state index in [4.69, 9.17) is 11.6 Å². The Kier molecular flexibility index (Phi) is 4.62. The Morgan fingerprint density at radius 3 is 2.95 bits per heavy atom. The molecule has 3 rings (SSSR count). The molecule has 2 N–H and O–H groups in total. The number of aryl methyl sites for hydroxylation is 1. The van der Waals surface area contributed by atoms with Crippen LogP contribution in [0.3, 0.4) is 0 Å². The normalized spacial score (nSPS) is 22.6. The van der Waals surface area contributed by atoms with E-state index in [-0.39, 0.29) is 17.9 Å². The molecule has 6 heteroatoms. The molecule has 0 bridgehead atoms. The third-order valence-electron chi connectivity index (χ3n) is 4.23. The van der Waals surface area contributed by atoms with Crippen molar-refractivity contribution in [3.63, 3.8) is 0 Å². The second-order valence-electron chi connectivity index (χ2n) is 5.60. The number of thiophene rings is 1. The number of aliphatic hydroxyl groups excluding tert-OH is 1. The smallest absolute Gasteiger partial charge is 0.225 e. The number of aromatic nitrogens is 2. The van der Waals surface area contributed by atoms with Crippen LogP contribution in [0, 0.1) is 5.92 Å². The average molecular weight is 326 g/mol. The molecule has 21 heavy (non-hydrogen) atoms. The lowest BCUT2D eigenvalue weighted by Crippen LogP contribution is -2.34. The van der Waals surface area contributed by atoms with Crippen LogP contribution in [0.1, 0.15) is 37.5 Å². The van der Waals surface area contributed by atoms with Crippen LogP contribution in [-0.4, -0.2) is 27.7 Å². The maximum absolute atomic E-state index is 9.55. The fourth-order valence-corrected chi connectivity index (χ4v) is 4.21. The third kappa shape index (κ3) is 3.15. The molecular weight excluding hydrogens is 306 g/mol. The largest absolute Gasteiger partial charge is 0.396 e. The third-order valence-corrected chi connectivity index (χ3v) is 5.57. The Morgan fingerprint density at radius 1 is 1.38 bits per heavy atom. The van der Waals surface area contributed by atoms with Crippen molar-refractivity contribution in [3.8, 4) is 0 Å². The minimum Gasteiger partial charge on any atom is -0.396 e. The topological polar surface area (TPSA) is 58.0 Å². The van der Waals surface area contributed by atoms with Crippen LogP contribution in [0.4, 0.5) is 5.82 Å². The first-order chi connectivity index (χ1) is 10.2. The first-order valence-electron chi connectivity index (χ1n) is 7.54. The molecule has 2 aromatic rings. The van der Waals surface area contributed by atoms with Crippen LogP contribution in [0.5, 0.6) is 0 Å². The number of rotatable bonds is 4. The molecule has 4 nitrogen and oxygen atoms in total. The van der Waals surface area contributed by atoms with Crippen molar-refractivity contribution in [3.05, 3.63) is 16.2 Å². The highest BCUT2D eigenvalue weighted by molar-refractivity contribution is 7.18. The summed E-state index contributed by atoms with van der Waals surface area (Å²) in [5, 5.41) is 14.4. The Labute approximate surface area is 133 Å². The van der Waals surface area contributed by atoms with Gasteiger partial charge in [0.1, 0.15) is 10.6 Å². The number of nitrogens with one attached hydrogen (secondary N) is 1. The molecule has 0 aliphatic heterocycles. The quantitative estimate of drug-likeness (QED) is 0.838. The van der Waals surface area contributed by atoms with Crippen LogP contribution in [0.2, 0.25) is 5.28 Å². The number of aliphatic hydroxyl groups is 1. The van der Waals surface area contributed by atoms with Gasteiger partial charge in [-0.2, -0.15) is 0 Å². The van der Waals surface area contributed by atoms with E-state index in [0.29, 0.717) is 5.92 Å². The fourth-order valence-electron chi connectivity index (χ4n) is 3.02. The number of hydrogen-bond donors (Lipinski definition) is 2. The summed E-state index contributed by atoms with van der Waals surface area (Å²) >= 11 is 7.73. The van der Waals surface area contributed by atoms with Gasteiger partial charge < -0.3 is 10.4 Å². The summed E-state index contributed by atoms with van der Waals surface area (Å²) in [4.78, 5) is 10.9. The highest BCUT2D eigenvalue weighted by Gasteiger charge is 2.25. The van der Waals surface area contributed by atoms with Crippen molar-refractivity contribution in [2.75, 3.05) is 11.9 Å². The monoisotopic (exact) mass is 325 g/mol. The number of nitrogens with zero attached hydrogens (tertiary/aromatic N) is 2.